The average Bonchev–Trinajstić information content (AvgIpc) is 3.21. The second kappa shape index (κ2) is 10.6. The molecule has 6 aromatic carbocycles. The van der Waals surface area contributed by atoms with E-state index in [1.54, 1.807) is 0 Å². The van der Waals surface area contributed by atoms with Gasteiger partial charge < -0.3 is 4.90 Å². The number of nitrogens with zero attached hydrogens (tertiary/aromatic N) is 2. The van der Waals surface area contributed by atoms with Crippen molar-refractivity contribution in [2.45, 2.75) is 0 Å². The summed E-state index contributed by atoms with van der Waals surface area (Å²) in [5, 5.41) is 0. The van der Waals surface area contributed by atoms with Crippen LogP contribution >= 0.6 is 0 Å². The lowest BCUT2D eigenvalue weighted by Crippen LogP contribution is -2.10. The van der Waals surface area contributed by atoms with Crippen molar-refractivity contribution in [3.63, 3.8) is 0 Å². The van der Waals surface area contributed by atoms with Gasteiger partial charge in [0.15, 0.2) is 0 Å². The fourth-order valence-electron chi connectivity index (χ4n) is 6.17. The smallest absolute Gasteiger partial charge is 0.0715 e. The van der Waals surface area contributed by atoms with Gasteiger partial charge in [-0.1, -0.05) is 127 Å². The van der Waals surface area contributed by atoms with Crippen LogP contribution in [0.3, 0.4) is 0 Å². The molecule has 0 saturated carbocycles. The Morgan fingerprint density at radius 1 is 0.326 bits per heavy atom. The van der Waals surface area contributed by atoms with Gasteiger partial charge in [-0.2, -0.15) is 0 Å². The van der Waals surface area contributed by atoms with Crippen molar-refractivity contribution in [1.82, 2.24) is 4.98 Å². The Kier molecular flexibility index (Phi) is 6.16. The first-order valence-electron chi connectivity index (χ1n) is 14.6. The molecule has 0 atom stereocenters. The Bertz CT molecular complexity index is 2010. The van der Waals surface area contributed by atoms with Gasteiger partial charge in [-0.05, 0) is 64.7 Å². The van der Waals surface area contributed by atoms with Gasteiger partial charge in [0.2, 0.25) is 0 Å². The standard InChI is InChI=1S/C41H28N2/c1-4-14-29(15-5-1)32-27-38(30-16-6-2-7-17-30)42-39(28-32)31-24-25-34-35-20-10-12-22-40(35)43(33-18-8-3-9-19-33)41-23-13-11-21-36(41)37(34)26-31/h1-28H. The zero-order valence-electron chi connectivity index (χ0n) is 23.6. The molecule has 1 aromatic heterocycles. The molecule has 0 fully saturated rings. The lowest BCUT2D eigenvalue weighted by atomic mass is 9.91. The molecule has 1 aliphatic rings. The molecule has 0 amide bonds. The van der Waals surface area contributed by atoms with Crippen molar-refractivity contribution in [2.24, 2.45) is 0 Å². The molecule has 1 aliphatic heterocycles. The third-order valence-electron chi connectivity index (χ3n) is 8.20. The summed E-state index contributed by atoms with van der Waals surface area (Å²) in [6, 6.07) is 60.3. The monoisotopic (exact) mass is 548 g/mol. The number of benzene rings is 6. The third kappa shape index (κ3) is 4.50. The Morgan fingerprint density at radius 2 is 0.837 bits per heavy atom. The second-order valence-electron chi connectivity index (χ2n) is 10.8. The maximum Gasteiger partial charge on any atom is 0.0715 e. The van der Waals surface area contributed by atoms with Gasteiger partial charge in [-0.3, -0.25) is 0 Å². The predicted octanol–water partition coefficient (Wildman–Crippen LogP) is 11.2. The van der Waals surface area contributed by atoms with E-state index in [0.29, 0.717) is 0 Å². The van der Waals surface area contributed by atoms with Crippen molar-refractivity contribution in [3.05, 3.63) is 170 Å². The van der Waals surface area contributed by atoms with Crippen LogP contribution in [-0.4, -0.2) is 4.98 Å². The Hall–Kier alpha value is -5.73. The van der Waals surface area contributed by atoms with E-state index in [-0.39, 0.29) is 0 Å². The van der Waals surface area contributed by atoms with Crippen molar-refractivity contribution in [2.75, 3.05) is 4.90 Å². The molecule has 0 unspecified atom stereocenters. The van der Waals surface area contributed by atoms with Crippen LogP contribution in [0.2, 0.25) is 0 Å². The van der Waals surface area contributed by atoms with Crippen LogP contribution in [-0.2, 0) is 0 Å². The molecular weight excluding hydrogens is 520 g/mol. The van der Waals surface area contributed by atoms with Gasteiger partial charge in [0.05, 0.1) is 22.8 Å². The first-order valence-corrected chi connectivity index (χ1v) is 14.6. The van der Waals surface area contributed by atoms with E-state index in [1.165, 1.54) is 33.5 Å². The van der Waals surface area contributed by atoms with Gasteiger partial charge in [0.1, 0.15) is 0 Å². The summed E-state index contributed by atoms with van der Waals surface area (Å²) < 4.78 is 0. The molecular formula is C41H28N2. The molecule has 0 radical (unpaired) electrons. The fourth-order valence-corrected chi connectivity index (χ4v) is 6.17. The molecule has 0 spiro atoms. The molecule has 0 N–H and O–H groups in total. The third-order valence-corrected chi connectivity index (χ3v) is 8.20. The molecule has 2 heterocycles. The predicted molar refractivity (Wildman–Crippen MR) is 180 cm³/mol. The molecule has 43 heavy (non-hydrogen) atoms. The number of rotatable bonds is 4. The lowest BCUT2D eigenvalue weighted by molar-refractivity contribution is 1.29. The molecule has 0 saturated heterocycles. The van der Waals surface area contributed by atoms with Gasteiger partial charge in [0, 0.05) is 27.9 Å². The molecule has 2 nitrogen and oxygen atoms in total. The second-order valence-corrected chi connectivity index (χ2v) is 10.8. The molecule has 8 rings (SSSR count). The van der Waals surface area contributed by atoms with Crippen LogP contribution in [0.4, 0.5) is 17.1 Å². The minimum absolute atomic E-state index is 0.956. The van der Waals surface area contributed by atoms with E-state index in [0.717, 1.165) is 39.5 Å². The first-order chi connectivity index (χ1) is 21.3. The van der Waals surface area contributed by atoms with Gasteiger partial charge in [-0.15, -0.1) is 0 Å². The van der Waals surface area contributed by atoms with E-state index >= 15 is 0 Å². The maximum atomic E-state index is 5.22. The maximum absolute atomic E-state index is 5.22. The normalized spacial score (nSPS) is 11.7. The molecule has 2 heteroatoms. The van der Waals surface area contributed by atoms with Crippen LogP contribution < -0.4 is 4.90 Å². The largest absolute Gasteiger partial charge is 0.309 e. The van der Waals surface area contributed by atoms with E-state index in [4.69, 9.17) is 4.98 Å². The van der Waals surface area contributed by atoms with Crippen LogP contribution in [0.1, 0.15) is 0 Å². The quantitative estimate of drug-likeness (QED) is 0.217. The van der Waals surface area contributed by atoms with Crippen molar-refractivity contribution in [3.8, 4) is 55.9 Å². The molecule has 0 aliphatic carbocycles. The number of anilines is 3. The van der Waals surface area contributed by atoms with Crippen molar-refractivity contribution >= 4 is 17.1 Å². The summed E-state index contributed by atoms with van der Waals surface area (Å²) >= 11 is 0. The summed E-state index contributed by atoms with van der Waals surface area (Å²) in [4.78, 5) is 7.61. The molecule has 0 bridgehead atoms. The summed E-state index contributed by atoms with van der Waals surface area (Å²) in [6.07, 6.45) is 0. The number of hydrogen-bond donors (Lipinski definition) is 0. The van der Waals surface area contributed by atoms with E-state index in [1.807, 2.05) is 6.07 Å². The fraction of sp³-hybridized carbons (Fsp3) is 0. The molecule has 202 valence electrons. The summed E-state index contributed by atoms with van der Waals surface area (Å²) in [7, 11) is 0. The van der Waals surface area contributed by atoms with Crippen LogP contribution in [0.5, 0.6) is 0 Å². The van der Waals surface area contributed by atoms with Gasteiger partial charge >= 0.3 is 0 Å². The van der Waals surface area contributed by atoms with Crippen molar-refractivity contribution in [1.29, 1.82) is 0 Å². The molecule has 7 aromatic rings. The SMILES string of the molecule is c1ccc(-c2cc(-c3ccccc3)nc(-c3ccc4c(c3)-c3ccccc3N(c3ccccc3)c3ccccc3-4)c2)cc1. The Morgan fingerprint density at radius 3 is 1.49 bits per heavy atom. The minimum atomic E-state index is 0.956. The Labute approximate surface area is 252 Å². The zero-order chi connectivity index (χ0) is 28.6. The highest BCUT2D eigenvalue weighted by atomic mass is 15.1. The van der Waals surface area contributed by atoms with E-state index < -0.39 is 0 Å². The highest BCUT2D eigenvalue weighted by Crippen LogP contribution is 2.51. The van der Waals surface area contributed by atoms with E-state index in [9.17, 15) is 0 Å². The number of aromatic nitrogens is 1. The van der Waals surface area contributed by atoms with Crippen LogP contribution in [0.15, 0.2) is 170 Å². The number of para-hydroxylation sites is 3. The first kappa shape index (κ1) is 25.0. The number of fused-ring (bicyclic) bond motifs is 5. The topological polar surface area (TPSA) is 16.1 Å². The lowest BCUT2D eigenvalue weighted by Gasteiger charge is -2.27. The average molecular weight is 549 g/mol. The minimum Gasteiger partial charge on any atom is -0.309 e. The van der Waals surface area contributed by atoms with E-state index in [2.05, 4.69) is 169 Å². The number of pyridine rings is 1. The summed E-state index contributed by atoms with van der Waals surface area (Å²) in [6.45, 7) is 0. The zero-order valence-corrected chi connectivity index (χ0v) is 23.6. The van der Waals surface area contributed by atoms with Gasteiger partial charge in [0.25, 0.3) is 0 Å². The van der Waals surface area contributed by atoms with Gasteiger partial charge in [-0.25, -0.2) is 4.98 Å². The highest BCUT2D eigenvalue weighted by Gasteiger charge is 2.26. The summed E-state index contributed by atoms with van der Waals surface area (Å²) in [5.74, 6) is 0. The van der Waals surface area contributed by atoms with Crippen LogP contribution in [0, 0.1) is 0 Å². The summed E-state index contributed by atoms with van der Waals surface area (Å²) in [5.41, 5.74) is 14.7. The van der Waals surface area contributed by atoms with Crippen LogP contribution in [0.25, 0.3) is 55.9 Å². The number of hydrogen-bond acceptors (Lipinski definition) is 2. The van der Waals surface area contributed by atoms with Crippen molar-refractivity contribution < 1.29 is 0 Å². The highest BCUT2D eigenvalue weighted by molar-refractivity contribution is 6.03. The Balaban J connectivity index is 1.36.